The van der Waals surface area contributed by atoms with Crippen LogP contribution in [0.4, 0.5) is 4.39 Å². The average molecular weight is 390 g/mol. The van der Waals surface area contributed by atoms with Crippen molar-refractivity contribution in [2.75, 3.05) is 6.61 Å². The molecule has 7 nitrogen and oxygen atoms in total. The second-order valence-electron chi connectivity index (χ2n) is 6.53. The highest BCUT2D eigenvalue weighted by Crippen LogP contribution is 2.37. The Kier molecular flexibility index (Phi) is 3.91. The van der Waals surface area contributed by atoms with Gasteiger partial charge in [0.1, 0.15) is 18.0 Å². The summed E-state index contributed by atoms with van der Waals surface area (Å²) in [5, 5.41) is 11.0. The minimum Gasteiger partial charge on any atom is -0.381 e. The molecule has 0 saturated carbocycles. The molecular weight excluding hydrogens is 375 g/mol. The highest BCUT2D eigenvalue weighted by atomic mass is 32.2. The van der Waals surface area contributed by atoms with Gasteiger partial charge >= 0.3 is 0 Å². The second kappa shape index (κ2) is 5.95. The summed E-state index contributed by atoms with van der Waals surface area (Å²) in [6.07, 6.45) is 0.928. The molecular formula is C18H15FN2O5S. The predicted octanol–water partition coefficient (Wildman–Crippen LogP) is 1.45. The number of aliphatic hydroxyl groups is 1. The van der Waals surface area contributed by atoms with E-state index >= 15 is 0 Å². The Labute approximate surface area is 153 Å². The zero-order chi connectivity index (χ0) is 19.4. The summed E-state index contributed by atoms with van der Waals surface area (Å²) in [6, 6.07) is 8.67. The highest BCUT2D eigenvalue weighted by Gasteiger charge is 2.43. The minimum absolute atomic E-state index is 0.0790. The van der Waals surface area contributed by atoms with Gasteiger partial charge in [-0.05, 0) is 25.1 Å². The predicted molar refractivity (Wildman–Crippen MR) is 94.2 cm³/mol. The molecule has 140 valence electrons. The second-order valence-corrected chi connectivity index (χ2v) is 8.15. The molecule has 1 aromatic carbocycles. The fourth-order valence-corrected chi connectivity index (χ4v) is 4.20. The van der Waals surface area contributed by atoms with E-state index in [9.17, 15) is 22.7 Å². The number of pyridine rings is 2. The van der Waals surface area contributed by atoms with Gasteiger partial charge < -0.3 is 9.67 Å². The third-order valence-electron chi connectivity index (χ3n) is 4.60. The molecule has 1 unspecified atom stereocenters. The van der Waals surface area contributed by atoms with E-state index in [0.717, 1.165) is 11.8 Å². The van der Waals surface area contributed by atoms with E-state index in [4.69, 9.17) is 4.18 Å². The molecule has 4 rings (SSSR count). The van der Waals surface area contributed by atoms with Gasteiger partial charge in [0.05, 0.1) is 34.2 Å². The fraction of sp³-hybridized carbons (Fsp3) is 0.222. The topological polar surface area (TPSA) is 98.5 Å². The molecule has 1 N–H and O–H groups in total. The highest BCUT2D eigenvalue weighted by molar-refractivity contribution is 7.86. The van der Waals surface area contributed by atoms with Crippen LogP contribution in [0.1, 0.15) is 11.1 Å². The molecule has 1 aliphatic rings. The van der Waals surface area contributed by atoms with Gasteiger partial charge in [0, 0.05) is 6.07 Å². The van der Waals surface area contributed by atoms with Crippen LogP contribution >= 0.6 is 0 Å². The van der Waals surface area contributed by atoms with E-state index < -0.39 is 33.7 Å². The lowest BCUT2D eigenvalue weighted by Crippen LogP contribution is -2.35. The number of aryl methyl sites for hydroxylation is 1. The SMILES string of the molecule is Cc1ccc(S(=O)(=O)OCC2(O)Cn3c(=O)ccc4ncc(F)c2c43)cc1. The summed E-state index contributed by atoms with van der Waals surface area (Å²) in [5.41, 5.74) is -1.32. The first-order chi connectivity index (χ1) is 12.7. The molecule has 27 heavy (non-hydrogen) atoms. The van der Waals surface area contributed by atoms with Gasteiger partial charge in [-0.25, -0.2) is 4.39 Å². The van der Waals surface area contributed by atoms with E-state index in [1.165, 1.54) is 28.8 Å². The average Bonchev–Trinajstić information content (AvgIpc) is 2.95. The van der Waals surface area contributed by atoms with Crippen molar-refractivity contribution < 1.29 is 22.1 Å². The maximum absolute atomic E-state index is 14.4. The van der Waals surface area contributed by atoms with Crippen LogP contribution in [-0.4, -0.2) is 29.7 Å². The first kappa shape index (κ1) is 17.8. The standard InChI is InChI=1S/C18H15FN2O5S/c1-11-2-4-12(5-3-11)27(24,25)26-10-18(23)9-21-15(22)7-6-14-17(21)16(18)13(19)8-20-14/h2-8,23H,9-10H2,1H3. The van der Waals surface area contributed by atoms with Gasteiger partial charge in [-0.1, -0.05) is 17.7 Å². The van der Waals surface area contributed by atoms with Crippen molar-refractivity contribution in [1.29, 1.82) is 0 Å². The normalized spacial score (nSPS) is 18.9. The van der Waals surface area contributed by atoms with E-state index in [2.05, 4.69) is 4.98 Å². The number of benzene rings is 1. The van der Waals surface area contributed by atoms with Crippen molar-refractivity contribution >= 4 is 21.2 Å². The fourth-order valence-electron chi connectivity index (χ4n) is 3.24. The van der Waals surface area contributed by atoms with Crippen LogP contribution in [0.15, 0.2) is 52.3 Å². The smallest absolute Gasteiger partial charge is 0.297 e. The van der Waals surface area contributed by atoms with E-state index in [0.29, 0.717) is 5.52 Å². The monoisotopic (exact) mass is 390 g/mol. The summed E-state index contributed by atoms with van der Waals surface area (Å²) in [5.74, 6) is -0.835. The van der Waals surface area contributed by atoms with Gasteiger partial charge in [-0.15, -0.1) is 0 Å². The van der Waals surface area contributed by atoms with Gasteiger partial charge in [-0.2, -0.15) is 8.42 Å². The van der Waals surface area contributed by atoms with Gasteiger partial charge in [0.2, 0.25) is 0 Å². The molecule has 9 heteroatoms. The molecule has 0 fully saturated rings. The zero-order valence-electron chi connectivity index (χ0n) is 14.2. The van der Waals surface area contributed by atoms with E-state index in [1.54, 1.807) is 12.1 Å². The molecule has 0 saturated heterocycles. The Morgan fingerprint density at radius 3 is 2.67 bits per heavy atom. The molecule has 1 atom stereocenters. The van der Waals surface area contributed by atoms with Gasteiger partial charge in [-0.3, -0.25) is 14.0 Å². The first-order valence-electron chi connectivity index (χ1n) is 8.08. The lowest BCUT2D eigenvalue weighted by atomic mass is 9.97. The molecule has 1 aliphatic heterocycles. The van der Waals surface area contributed by atoms with E-state index in [-0.39, 0.29) is 22.5 Å². The third-order valence-corrected chi connectivity index (χ3v) is 5.88. The van der Waals surface area contributed by atoms with Crippen LogP contribution < -0.4 is 5.56 Å². The maximum Gasteiger partial charge on any atom is 0.297 e. The zero-order valence-corrected chi connectivity index (χ0v) is 15.0. The molecule has 0 aliphatic carbocycles. The van der Waals surface area contributed by atoms with Crippen molar-refractivity contribution in [3.8, 4) is 0 Å². The minimum atomic E-state index is -4.17. The number of halogens is 1. The Hall–Kier alpha value is -2.62. The molecule has 0 amide bonds. The Bertz CT molecular complexity index is 1220. The van der Waals surface area contributed by atoms with Crippen molar-refractivity contribution in [1.82, 2.24) is 9.55 Å². The van der Waals surface area contributed by atoms with Gasteiger partial charge in [0.15, 0.2) is 0 Å². The van der Waals surface area contributed by atoms with Gasteiger partial charge in [0.25, 0.3) is 15.7 Å². The summed E-state index contributed by atoms with van der Waals surface area (Å²) in [6.45, 7) is 0.746. The first-order valence-corrected chi connectivity index (χ1v) is 9.49. The van der Waals surface area contributed by atoms with Crippen LogP contribution in [-0.2, 0) is 26.4 Å². The molecule has 3 aromatic rings. The maximum atomic E-state index is 14.4. The van der Waals surface area contributed by atoms with Crippen LogP contribution in [0.5, 0.6) is 0 Å². The van der Waals surface area contributed by atoms with Crippen molar-refractivity contribution in [2.24, 2.45) is 0 Å². The lowest BCUT2D eigenvalue weighted by molar-refractivity contribution is -0.0160. The number of hydrogen-bond donors (Lipinski definition) is 1. The molecule has 0 bridgehead atoms. The number of aromatic nitrogens is 2. The third kappa shape index (κ3) is 2.84. The Morgan fingerprint density at radius 1 is 1.26 bits per heavy atom. The largest absolute Gasteiger partial charge is 0.381 e. The number of rotatable bonds is 4. The Balaban J connectivity index is 1.72. The Morgan fingerprint density at radius 2 is 1.96 bits per heavy atom. The quantitative estimate of drug-likeness (QED) is 0.677. The van der Waals surface area contributed by atoms with Crippen LogP contribution in [0.2, 0.25) is 0 Å². The lowest BCUT2D eigenvalue weighted by Gasteiger charge is -2.23. The molecule has 3 heterocycles. The number of hydrogen-bond acceptors (Lipinski definition) is 6. The van der Waals surface area contributed by atoms with E-state index in [1.807, 2.05) is 6.92 Å². The molecule has 0 radical (unpaired) electrons. The van der Waals surface area contributed by atoms with Crippen LogP contribution in [0.3, 0.4) is 0 Å². The van der Waals surface area contributed by atoms with Crippen molar-refractivity contribution in [3.63, 3.8) is 0 Å². The van der Waals surface area contributed by atoms with Crippen molar-refractivity contribution in [3.05, 3.63) is 69.9 Å². The number of nitrogens with zero attached hydrogens (tertiary/aromatic N) is 2. The van der Waals surface area contributed by atoms with Crippen LogP contribution in [0, 0.1) is 12.7 Å². The summed E-state index contributed by atoms with van der Waals surface area (Å²) in [7, 11) is -4.17. The van der Waals surface area contributed by atoms with Crippen molar-refractivity contribution in [2.45, 2.75) is 24.0 Å². The van der Waals surface area contributed by atoms with Crippen LogP contribution in [0.25, 0.3) is 11.0 Å². The summed E-state index contributed by atoms with van der Waals surface area (Å²) < 4.78 is 45.4. The summed E-state index contributed by atoms with van der Waals surface area (Å²) >= 11 is 0. The molecule has 2 aromatic heterocycles. The molecule has 0 spiro atoms. The summed E-state index contributed by atoms with van der Waals surface area (Å²) in [4.78, 5) is 15.9.